The molecule has 0 radical (unpaired) electrons. The van der Waals surface area contributed by atoms with Crippen molar-refractivity contribution in [2.45, 2.75) is 26.1 Å². The second kappa shape index (κ2) is 6.47. The van der Waals surface area contributed by atoms with Gasteiger partial charge in [-0.15, -0.1) is 0 Å². The Labute approximate surface area is 106 Å². The first-order valence-corrected chi connectivity index (χ1v) is 5.75. The Bertz CT molecular complexity index is 365. The quantitative estimate of drug-likeness (QED) is 0.843. The number of carbonyl (C=O) groups is 1. The van der Waals surface area contributed by atoms with E-state index < -0.39 is 12.2 Å². The Balaban J connectivity index is 2.45. The number of rotatable bonds is 5. The van der Waals surface area contributed by atoms with Gasteiger partial charge in [-0.1, -0.05) is 11.6 Å². The first kappa shape index (κ1) is 13.8. The fourth-order valence-corrected chi connectivity index (χ4v) is 1.29. The highest BCUT2D eigenvalue weighted by Crippen LogP contribution is 2.16. The van der Waals surface area contributed by atoms with Crippen LogP contribution in [0.25, 0.3) is 0 Å². The van der Waals surface area contributed by atoms with Crippen LogP contribution in [0.1, 0.15) is 13.8 Å². The van der Waals surface area contributed by atoms with Crippen LogP contribution in [0, 0.1) is 0 Å². The van der Waals surface area contributed by atoms with Gasteiger partial charge in [0.2, 0.25) is 0 Å². The van der Waals surface area contributed by atoms with Gasteiger partial charge in [0.25, 0.3) is 5.91 Å². The summed E-state index contributed by atoms with van der Waals surface area (Å²) in [6, 6.07) is 6.77. The molecule has 0 aliphatic heterocycles. The van der Waals surface area contributed by atoms with E-state index in [0.717, 1.165) is 0 Å². The van der Waals surface area contributed by atoms with Crippen molar-refractivity contribution in [3.63, 3.8) is 0 Å². The predicted octanol–water partition coefficient (Wildman–Crippen LogP) is 1.60. The second-order valence-corrected chi connectivity index (χ2v) is 4.24. The van der Waals surface area contributed by atoms with Crippen molar-refractivity contribution in [2.24, 2.45) is 0 Å². The average Bonchev–Trinajstić information content (AvgIpc) is 2.28. The summed E-state index contributed by atoms with van der Waals surface area (Å²) in [5.41, 5.74) is 0. The highest BCUT2D eigenvalue weighted by atomic mass is 35.5. The van der Waals surface area contributed by atoms with Crippen molar-refractivity contribution in [3.8, 4) is 5.75 Å². The number of halogens is 1. The maximum atomic E-state index is 11.5. The molecule has 5 heteroatoms. The van der Waals surface area contributed by atoms with Gasteiger partial charge >= 0.3 is 0 Å². The molecule has 0 aliphatic carbocycles. The van der Waals surface area contributed by atoms with Gasteiger partial charge in [-0.25, -0.2) is 0 Å². The Hall–Kier alpha value is -1.26. The molecule has 0 aliphatic rings. The van der Waals surface area contributed by atoms with E-state index in [4.69, 9.17) is 21.4 Å². The van der Waals surface area contributed by atoms with Crippen molar-refractivity contribution >= 4 is 17.5 Å². The van der Waals surface area contributed by atoms with Crippen LogP contribution in [0.3, 0.4) is 0 Å². The lowest BCUT2D eigenvalue weighted by Crippen LogP contribution is -2.39. The van der Waals surface area contributed by atoms with Crippen LogP contribution in [-0.4, -0.2) is 29.8 Å². The minimum atomic E-state index is -0.616. The molecular formula is C12H16ClNO3. The summed E-state index contributed by atoms with van der Waals surface area (Å²) in [4.78, 5) is 11.5. The van der Waals surface area contributed by atoms with Gasteiger partial charge in [0.15, 0.2) is 6.10 Å². The Kier molecular flexibility index (Phi) is 5.25. The third kappa shape index (κ3) is 5.06. The van der Waals surface area contributed by atoms with E-state index in [1.54, 1.807) is 38.1 Å². The van der Waals surface area contributed by atoms with Crippen LogP contribution in [0.5, 0.6) is 5.75 Å². The molecule has 4 nitrogen and oxygen atoms in total. The van der Waals surface area contributed by atoms with Crippen LogP contribution >= 0.6 is 11.6 Å². The molecule has 0 bridgehead atoms. The molecule has 0 saturated carbocycles. The molecule has 94 valence electrons. The van der Waals surface area contributed by atoms with E-state index in [0.29, 0.717) is 10.8 Å². The van der Waals surface area contributed by atoms with E-state index >= 15 is 0 Å². The zero-order chi connectivity index (χ0) is 12.8. The van der Waals surface area contributed by atoms with Crippen LogP contribution in [-0.2, 0) is 4.79 Å². The normalized spacial score (nSPS) is 13.9. The minimum absolute atomic E-state index is 0.215. The van der Waals surface area contributed by atoms with E-state index in [9.17, 15) is 4.79 Å². The summed E-state index contributed by atoms with van der Waals surface area (Å²) in [7, 11) is 0. The Morgan fingerprint density at radius 2 is 2.00 bits per heavy atom. The molecule has 2 N–H and O–H groups in total. The monoisotopic (exact) mass is 257 g/mol. The SMILES string of the molecule is CC(O)CNC(=O)C(C)Oc1ccc(Cl)cc1. The van der Waals surface area contributed by atoms with Crippen molar-refractivity contribution in [1.82, 2.24) is 5.32 Å². The lowest BCUT2D eigenvalue weighted by molar-refractivity contribution is -0.127. The van der Waals surface area contributed by atoms with Crippen molar-refractivity contribution in [1.29, 1.82) is 0 Å². The maximum absolute atomic E-state index is 11.5. The number of hydrogen-bond donors (Lipinski definition) is 2. The van der Waals surface area contributed by atoms with Gasteiger partial charge in [-0.2, -0.15) is 0 Å². The zero-order valence-electron chi connectivity index (χ0n) is 9.81. The maximum Gasteiger partial charge on any atom is 0.260 e. The van der Waals surface area contributed by atoms with Gasteiger partial charge in [0.05, 0.1) is 6.10 Å². The summed E-state index contributed by atoms with van der Waals surface area (Å²) in [5.74, 6) is 0.315. The lowest BCUT2D eigenvalue weighted by atomic mass is 10.3. The van der Waals surface area contributed by atoms with Gasteiger partial charge in [-0.3, -0.25) is 4.79 Å². The van der Waals surface area contributed by atoms with Crippen molar-refractivity contribution in [2.75, 3.05) is 6.54 Å². The standard InChI is InChI=1S/C12H16ClNO3/c1-8(15)7-14-12(16)9(2)17-11-5-3-10(13)4-6-11/h3-6,8-9,15H,7H2,1-2H3,(H,14,16). The molecule has 1 aromatic rings. The third-order valence-electron chi connectivity index (χ3n) is 2.07. The van der Waals surface area contributed by atoms with Crippen molar-refractivity contribution in [3.05, 3.63) is 29.3 Å². The summed E-state index contributed by atoms with van der Waals surface area (Å²) in [6.45, 7) is 3.46. The number of nitrogens with one attached hydrogen (secondary N) is 1. The van der Waals surface area contributed by atoms with Gasteiger partial charge < -0.3 is 15.2 Å². The predicted molar refractivity (Wildman–Crippen MR) is 66.2 cm³/mol. The third-order valence-corrected chi connectivity index (χ3v) is 2.32. The number of ether oxygens (including phenoxy) is 1. The van der Waals surface area contributed by atoms with E-state index in [-0.39, 0.29) is 12.5 Å². The van der Waals surface area contributed by atoms with Crippen molar-refractivity contribution < 1.29 is 14.6 Å². The number of aliphatic hydroxyl groups is 1. The number of hydrogen-bond acceptors (Lipinski definition) is 3. The number of benzene rings is 1. The van der Waals surface area contributed by atoms with Crippen LogP contribution in [0.15, 0.2) is 24.3 Å². The van der Waals surface area contributed by atoms with Gasteiger partial charge in [-0.05, 0) is 38.1 Å². The number of amides is 1. The topological polar surface area (TPSA) is 58.6 Å². The number of aliphatic hydroxyl groups excluding tert-OH is 1. The summed E-state index contributed by atoms with van der Waals surface area (Å²) >= 11 is 5.73. The molecule has 0 spiro atoms. The molecule has 1 amide bonds. The second-order valence-electron chi connectivity index (χ2n) is 3.81. The lowest BCUT2D eigenvalue weighted by Gasteiger charge is -2.15. The highest BCUT2D eigenvalue weighted by Gasteiger charge is 2.14. The zero-order valence-corrected chi connectivity index (χ0v) is 10.6. The Morgan fingerprint density at radius 3 is 2.53 bits per heavy atom. The summed E-state index contributed by atoms with van der Waals surface area (Å²) in [5, 5.41) is 12.2. The molecule has 2 unspecified atom stereocenters. The van der Waals surface area contributed by atoms with Gasteiger partial charge in [0, 0.05) is 11.6 Å². The summed E-state index contributed by atoms with van der Waals surface area (Å²) < 4.78 is 5.41. The first-order valence-electron chi connectivity index (χ1n) is 5.37. The molecule has 0 fully saturated rings. The summed E-state index contributed by atoms with van der Waals surface area (Å²) in [6.07, 6.45) is -1.18. The number of carbonyl (C=O) groups excluding carboxylic acids is 1. The average molecular weight is 258 g/mol. The van der Waals surface area contributed by atoms with Crippen LogP contribution < -0.4 is 10.1 Å². The largest absolute Gasteiger partial charge is 0.481 e. The molecule has 0 heterocycles. The molecule has 17 heavy (non-hydrogen) atoms. The van der Waals surface area contributed by atoms with E-state index in [1.165, 1.54) is 0 Å². The smallest absolute Gasteiger partial charge is 0.260 e. The molecule has 1 rings (SSSR count). The molecular weight excluding hydrogens is 242 g/mol. The van der Waals surface area contributed by atoms with Crippen LogP contribution in [0.2, 0.25) is 5.02 Å². The van der Waals surface area contributed by atoms with Gasteiger partial charge in [0.1, 0.15) is 5.75 Å². The molecule has 0 saturated heterocycles. The first-order chi connectivity index (χ1) is 7.99. The molecule has 2 atom stereocenters. The fraction of sp³-hybridized carbons (Fsp3) is 0.417. The fourth-order valence-electron chi connectivity index (χ4n) is 1.16. The Morgan fingerprint density at radius 1 is 1.41 bits per heavy atom. The van der Waals surface area contributed by atoms with Crippen LogP contribution in [0.4, 0.5) is 0 Å². The van der Waals surface area contributed by atoms with E-state index in [2.05, 4.69) is 5.32 Å². The molecule has 1 aromatic carbocycles. The molecule has 0 aromatic heterocycles. The minimum Gasteiger partial charge on any atom is -0.481 e. The van der Waals surface area contributed by atoms with E-state index in [1.807, 2.05) is 0 Å². The highest BCUT2D eigenvalue weighted by molar-refractivity contribution is 6.30.